The van der Waals surface area contributed by atoms with E-state index in [9.17, 15) is 19.7 Å². The SMILES string of the molecule is O=C(CSc1ccc([N+](=O)[O-])cc1)N1CCN(C(=O)Cc2ccc(Cl)cc2)CC1. The molecule has 0 bridgehead atoms. The zero-order valence-corrected chi connectivity index (χ0v) is 17.2. The number of piperazine rings is 1. The topological polar surface area (TPSA) is 83.8 Å². The van der Waals surface area contributed by atoms with Crippen LogP contribution in [0.25, 0.3) is 0 Å². The fraction of sp³-hybridized carbons (Fsp3) is 0.300. The lowest BCUT2D eigenvalue weighted by Gasteiger charge is -2.34. The van der Waals surface area contributed by atoms with Crippen LogP contribution >= 0.6 is 23.4 Å². The van der Waals surface area contributed by atoms with Gasteiger partial charge in [-0.15, -0.1) is 11.8 Å². The van der Waals surface area contributed by atoms with E-state index in [0.717, 1.165) is 10.5 Å². The summed E-state index contributed by atoms with van der Waals surface area (Å²) in [5.41, 5.74) is 0.942. The fourth-order valence-electron chi connectivity index (χ4n) is 2.99. The lowest BCUT2D eigenvalue weighted by Crippen LogP contribution is -2.51. The van der Waals surface area contributed by atoms with Gasteiger partial charge in [0.15, 0.2) is 0 Å². The van der Waals surface area contributed by atoms with Crippen molar-refractivity contribution in [2.24, 2.45) is 0 Å². The van der Waals surface area contributed by atoms with Crippen LogP contribution in [0.15, 0.2) is 53.4 Å². The molecular formula is C20H20ClN3O4S. The van der Waals surface area contributed by atoms with E-state index in [0.29, 0.717) is 37.6 Å². The number of nitro groups is 1. The molecule has 1 fully saturated rings. The van der Waals surface area contributed by atoms with Crippen molar-refractivity contribution in [2.75, 3.05) is 31.9 Å². The predicted octanol–water partition coefficient (Wildman–Crippen LogP) is 3.25. The number of carbonyl (C=O) groups excluding carboxylic acids is 2. The van der Waals surface area contributed by atoms with Crippen molar-refractivity contribution in [3.8, 4) is 0 Å². The molecule has 0 aromatic heterocycles. The third kappa shape index (κ3) is 5.95. The van der Waals surface area contributed by atoms with Gasteiger partial charge in [-0.1, -0.05) is 23.7 Å². The number of hydrogen-bond acceptors (Lipinski definition) is 5. The third-order valence-corrected chi connectivity index (χ3v) is 5.91. The van der Waals surface area contributed by atoms with E-state index in [1.165, 1.54) is 23.9 Å². The third-order valence-electron chi connectivity index (χ3n) is 4.66. The van der Waals surface area contributed by atoms with Crippen LogP contribution in [0.4, 0.5) is 5.69 Å². The van der Waals surface area contributed by atoms with Crippen LogP contribution in [0.2, 0.25) is 5.02 Å². The first kappa shape index (κ1) is 21.1. The number of hydrogen-bond donors (Lipinski definition) is 0. The number of carbonyl (C=O) groups is 2. The second-order valence-corrected chi connectivity index (χ2v) is 8.09. The normalized spacial score (nSPS) is 14.0. The molecule has 2 aromatic carbocycles. The Bertz CT molecular complexity index is 882. The van der Waals surface area contributed by atoms with Crippen LogP contribution in [0.5, 0.6) is 0 Å². The molecule has 1 saturated heterocycles. The first-order chi connectivity index (χ1) is 13.9. The molecule has 0 aliphatic carbocycles. The second-order valence-electron chi connectivity index (χ2n) is 6.60. The number of halogens is 1. The molecule has 0 N–H and O–H groups in total. The van der Waals surface area contributed by atoms with E-state index in [4.69, 9.17) is 11.6 Å². The number of amides is 2. The highest BCUT2D eigenvalue weighted by atomic mass is 35.5. The fourth-order valence-corrected chi connectivity index (χ4v) is 3.92. The Labute approximate surface area is 177 Å². The van der Waals surface area contributed by atoms with Crippen LogP contribution in [0.3, 0.4) is 0 Å². The van der Waals surface area contributed by atoms with Crippen LogP contribution in [-0.4, -0.2) is 58.5 Å². The average Bonchev–Trinajstić information content (AvgIpc) is 2.74. The van der Waals surface area contributed by atoms with Crippen molar-refractivity contribution in [1.82, 2.24) is 9.80 Å². The lowest BCUT2D eigenvalue weighted by molar-refractivity contribution is -0.384. The molecule has 1 aliphatic rings. The highest BCUT2D eigenvalue weighted by Crippen LogP contribution is 2.22. The summed E-state index contributed by atoms with van der Waals surface area (Å²) < 4.78 is 0. The molecule has 0 radical (unpaired) electrons. The van der Waals surface area contributed by atoms with E-state index in [2.05, 4.69) is 0 Å². The molecule has 0 atom stereocenters. The molecular weight excluding hydrogens is 414 g/mol. The molecule has 3 rings (SSSR count). The van der Waals surface area contributed by atoms with Crippen molar-refractivity contribution < 1.29 is 14.5 Å². The Morgan fingerprint density at radius 2 is 1.48 bits per heavy atom. The van der Waals surface area contributed by atoms with E-state index in [-0.39, 0.29) is 23.3 Å². The minimum atomic E-state index is -0.451. The second kappa shape index (κ2) is 9.76. The molecule has 0 saturated carbocycles. The van der Waals surface area contributed by atoms with Crippen LogP contribution in [0, 0.1) is 10.1 Å². The summed E-state index contributed by atoms with van der Waals surface area (Å²) in [6, 6.07) is 13.4. The number of benzene rings is 2. The van der Waals surface area contributed by atoms with Crippen molar-refractivity contribution in [1.29, 1.82) is 0 Å². The molecule has 7 nitrogen and oxygen atoms in total. The predicted molar refractivity (Wildman–Crippen MR) is 112 cm³/mol. The summed E-state index contributed by atoms with van der Waals surface area (Å²) in [7, 11) is 0. The van der Waals surface area contributed by atoms with Crippen LogP contribution in [-0.2, 0) is 16.0 Å². The number of nitro benzene ring substituents is 1. The zero-order valence-electron chi connectivity index (χ0n) is 15.6. The van der Waals surface area contributed by atoms with Gasteiger partial charge in [0.25, 0.3) is 5.69 Å². The van der Waals surface area contributed by atoms with E-state index >= 15 is 0 Å². The number of nitrogens with zero attached hydrogens (tertiary/aromatic N) is 3. The first-order valence-corrected chi connectivity index (χ1v) is 10.5. The molecule has 0 spiro atoms. The monoisotopic (exact) mass is 433 g/mol. The highest BCUT2D eigenvalue weighted by molar-refractivity contribution is 8.00. The van der Waals surface area contributed by atoms with Gasteiger partial charge in [-0.25, -0.2) is 0 Å². The largest absolute Gasteiger partial charge is 0.339 e. The van der Waals surface area contributed by atoms with E-state index in [1.807, 2.05) is 12.1 Å². The summed E-state index contributed by atoms with van der Waals surface area (Å²) >= 11 is 7.21. The maximum atomic E-state index is 12.5. The smallest absolute Gasteiger partial charge is 0.269 e. The minimum Gasteiger partial charge on any atom is -0.339 e. The van der Waals surface area contributed by atoms with Crippen LogP contribution in [0.1, 0.15) is 5.56 Å². The van der Waals surface area contributed by atoms with Crippen LogP contribution < -0.4 is 0 Å². The summed E-state index contributed by atoms with van der Waals surface area (Å²) in [4.78, 5) is 39.4. The van der Waals surface area contributed by atoms with Gasteiger partial charge in [0.2, 0.25) is 11.8 Å². The summed E-state index contributed by atoms with van der Waals surface area (Å²) in [6.07, 6.45) is 0.321. The quantitative estimate of drug-likeness (QED) is 0.396. The zero-order chi connectivity index (χ0) is 20.8. The maximum absolute atomic E-state index is 12.5. The van der Waals surface area contributed by atoms with Crippen molar-refractivity contribution in [3.05, 3.63) is 69.2 Å². The van der Waals surface area contributed by atoms with Gasteiger partial charge in [0.05, 0.1) is 17.1 Å². The van der Waals surface area contributed by atoms with E-state index in [1.54, 1.807) is 34.1 Å². The molecule has 1 aliphatic heterocycles. The van der Waals surface area contributed by atoms with Gasteiger partial charge >= 0.3 is 0 Å². The number of thioether (sulfide) groups is 1. The average molecular weight is 434 g/mol. The van der Waals surface area contributed by atoms with Gasteiger partial charge in [0.1, 0.15) is 0 Å². The van der Waals surface area contributed by atoms with Gasteiger partial charge in [-0.05, 0) is 29.8 Å². The lowest BCUT2D eigenvalue weighted by atomic mass is 10.1. The Balaban J connectivity index is 1.43. The molecule has 0 unspecified atom stereocenters. The number of rotatable bonds is 6. The number of non-ortho nitro benzene ring substituents is 1. The molecule has 9 heteroatoms. The van der Waals surface area contributed by atoms with E-state index < -0.39 is 4.92 Å². The van der Waals surface area contributed by atoms with Gasteiger partial charge in [-0.3, -0.25) is 19.7 Å². The Kier molecular flexibility index (Phi) is 7.11. The van der Waals surface area contributed by atoms with Crippen molar-refractivity contribution >= 4 is 40.9 Å². The van der Waals surface area contributed by atoms with Crippen molar-refractivity contribution in [2.45, 2.75) is 11.3 Å². The summed E-state index contributed by atoms with van der Waals surface area (Å²) in [5.74, 6) is 0.300. The minimum absolute atomic E-state index is 0.00171. The summed E-state index contributed by atoms with van der Waals surface area (Å²) in [6.45, 7) is 2.04. The molecule has 1 heterocycles. The van der Waals surface area contributed by atoms with Gasteiger partial charge in [-0.2, -0.15) is 0 Å². The Morgan fingerprint density at radius 3 is 2.03 bits per heavy atom. The first-order valence-electron chi connectivity index (χ1n) is 9.09. The van der Waals surface area contributed by atoms with Gasteiger partial charge < -0.3 is 9.80 Å². The molecule has 152 valence electrons. The highest BCUT2D eigenvalue weighted by Gasteiger charge is 2.24. The maximum Gasteiger partial charge on any atom is 0.269 e. The van der Waals surface area contributed by atoms with Gasteiger partial charge in [0, 0.05) is 48.2 Å². The standard InChI is InChI=1S/C20H20ClN3O4S/c21-16-3-1-15(2-4-16)13-19(25)22-9-11-23(12-10-22)20(26)14-29-18-7-5-17(6-8-18)24(27)28/h1-8H,9-14H2. The molecule has 2 amide bonds. The molecule has 2 aromatic rings. The Hall–Kier alpha value is -2.58. The Morgan fingerprint density at radius 1 is 0.931 bits per heavy atom. The molecule has 29 heavy (non-hydrogen) atoms. The summed E-state index contributed by atoms with van der Waals surface area (Å²) in [5, 5.41) is 11.3. The van der Waals surface area contributed by atoms with Crippen molar-refractivity contribution in [3.63, 3.8) is 0 Å².